The van der Waals surface area contributed by atoms with Crippen LogP contribution in [0.25, 0.3) is 0 Å². The number of nitriles is 1. The number of hydrogen-bond donors (Lipinski definition) is 2. The van der Waals surface area contributed by atoms with Crippen molar-refractivity contribution in [2.75, 3.05) is 18.8 Å². The lowest BCUT2D eigenvalue weighted by Gasteiger charge is -2.42. The number of aromatic nitrogens is 1. The number of carbonyl (C=O) groups is 1. The second-order valence-corrected chi connectivity index (χ2v) is 11.9. The summed E-state index contributed by atoms with van der Waals surface area (Å²) in [5.41, 5.74) is 6.29. The first-order chi connectivity index (χ1) is 16.7. The van der Waals surface area contributed by atoms with Gasteiger partial charge in [0.1, 0.15) is 17.8 Å². The maximum Gasteiger partial charge on any atom is 0.241 e. The summed E-state index contributed by atoms with van der Waals surface area (Å²) in [7, 11) is -4.13. The molecular weight excluding hydrogens is 509 g/mol. The van der Waals surface area contributed by atoms with E-state index in [1.807, 2.05) is 0 Å². The minimum absolute atomic E-state index is 0.0196. The normalized spacial score (nSPS) is 21.2. The molecule has 0 radical (unpaired) electrons. The summed E-state index contributed by atoms with van der Waals surface area (Å²) in [6, 6.07) is 6.95. The summed E-state index contributed by atoms with van der Waals surface area (Å²) >= 11 is 12.1. The summed E-state index contributed by atoms with van der Waals surface area (Å²) in [6.07, 6.45) is 7.57. The van der Waals surface area contributed by atoms with Crippen LogP contribution in [-0.2, 0) is 21.4 Å². The average molecular weight is 539 g/mol. The average Bonchev–Trinajstić information content (AvgIpc) is 3.31. The Bertz CT molecular complexity index is 1220. The van der Waals surface area contributed by atoms with E-state index in [2.05, 4.69) is 10.8 Å². The van der Waals surface area contributed by atoms with Gasteiger partial charge >= 0.3 is 0 Å². The lowest BCUT2D eigenvalue weighted by atomic mass is 9.75. The quantitative estimate of drug-likeness (QED) is 0.516. The molecule has 1 saturated carbocycles. The number of likely N-dealkylation sites (tertiary alicyclic amines) is 1. The molecule has 1 aromatic heterocycles. The van der Waals surface area contributed by atoms with Crippen molar-refractivity contribution >= 4 is 44.8 Å². The van der Waals surface area contributed by atoms with E-state index in [9.17, 15) is 18.5 Å². The minimum Gasteiger partial charge on any atom is -0.396 e. The highest BCUT2D eigenvalue weighted by Gasteiger charge is 2.36. The molecule has 3 N–H and O–H groups in total. The molecule has 188 valence electrons. The van der Waals surface area contributed by atoms with E-state index >= 15 is 0 Å². The molecule has 8 nitrogen and oxygen atoms in total. The highest BCUT2D eigenvalue weighted by atomic mass is 35.5. The SMILES string of the molecule is N#Cc1cccn1CCC(NS(=O)(=O)c1cc(Cl)c(N)c(Cl)c1)C(=O)N1CC[C@@H]2CCCC[C@H]2C1. The number of carbonyl (C=O) groups excluding carboxylic acids is 1. The zero-order valence-electron chi connectivity index (χ0n) is 19.3. The van der Waals surface area contributed by atoms with E-state index in [-0.39, 0.29) is 33.0 Å². The van der Waals surface area contributed by atoms with Crippen LogP contribution in [-0.4, -0.2) is 42.9 Å². The summed E-state index contributed by atoms with van der Waals surface area (Å²) in [6.45, 7) is 1.57. The standard InChI is InChI=1S/C24H29Cl2N5O3S/c25-20-12-19(13-21(26)23(20)28)35(33,34)29-22(8-11-30-9-3-6-18(30)14-27)24(32)31-10-7-16-4-1-2-5-17(16)15-31/h3,6,9,12-13,16-17,22,29H,1-2,4-5,7-8,10-11,15,28H2/t16-,17-,22?/m0/s1. The van der Waals surface area contributed by atoms with Gasteiger partial charge in [-0.15, -0.1) is 0 Å². The topological polar surface area (TPSA) is 121 Å². The van der Waals surface area contributed by atoms with Gasteiger partial charge in [-0.1, -0.05) is 42.5 Å². The Hall–Kier alpha value is -2.25. The summed E-state index contributed by atoms with van der Waals surface area (Å²) in [5, 5.41) is 9.35. The Morgan fingerprint density at radius 3 is 2.57 bits per heavy atom. The number of nitrogens with two attached hydrogens (primary N) is 1. The molecule has 0 bridgehead atoms. The van der Waals surface area contributed by atoms with E-state index in [4.69, 9.17) is 28.9 Å². The molecule has 1 saturated heterocycles. The molecule has 2 heterocycles. The predicted octanol–water partition coefficient (Wildman–Crippen LogP) is 4.02. The number of nitrogens with zero attached hydrogens (tertiary/aromatic N) is 3. The molecule has 1 aromatic carbocycles. The lowest BCUT2D eigenvalue weighted by molar-refractivity contribution is -0.136. The van der Waals surface area contributed by atoms with Crippen molar-refractivity contribution in [2.24, 2.45) is 11.8 Å². The van der Waals surface area contributed by atoms with Crippen molar-refractivity contribution in [3.8, 4) is 6.07 Å². The number of fused-ring (bicyclic) bond motifs is 1. The van der Waals surface area contributed by atoms with Crippen LogP contribution in [0.3, 0.4) is 0 Å². The molecule has 2 fully saturated rings. The van der Waals surface area contributed by atoms with Crippen LogP contribution in [0.2, 0.25) is 10.0 Å². The molecular formula is C24H29Cl2N5O3S. The summed E-state index contributed by atoms with van der Waals surface area (Å²) in [4.78, 5) is 15.3. The van der Waals surface area contributed by atoms with E-state index in [0.29, 0.717) is 37.2 Å². The molecule has 35 heavy (non-hydrogen) atoms. The van der Waals surface area contributed by atoms with Crippen LogP contribution in [0.4, 0.5) is 5.69 Å². The summed E-state index contributed by atoms with van der Waals surface area (Å²) in [5.74, 6) is 0.846. The molecule has 1 aliphatic carbocycles. The highest BCUT2D eigenvalue weighted by Crippen LogP contribution is 2.36. The fraction of sp³-hybridized carbons (Fsp3) is 0.500. The largest absolute Gasteiger partial charge is 0.396 e. The zero-order valence-corrected chi connectivity index (χ0v) is 21.6. The van der Waals surface area contributed by atoms with Gasteiger partial charge in [-0.2, -0.15) is 9.98 Å². The van der Waals surface area contributed by atoms with Gasteiger partial charge < -0.3 is 15.2 Å². The third-order valence-electron chi connectivity index (χ3n) is 7.16. The van der Waals surface area contributed by atoms with Gasteiger partial charge in [0, 0.05) is 25.8 Å². The van der Waals surface area contributed by atoms with Crippen LogP contribution in [0.15, 0.2) is 35.4 Å². The number of halogens is 2. The summed E-state index contributed by atoms with van der Waals surface area (Å²) < 4.78 is 30.8. The molecule has 1 unspecified atom stereocenters. The number of nitrogens with one attached hydrogen (secondary N) is 1. The van der Waals surface area contributed by atoms with Crippen LogP contribution in [0.1, 0.15) is 44.2 Å². The highest BCUT2D eigenvalue weighted by molar-refractivity contribution is 7.89. The van der Waals surface area contributed by atoms with Gasteiger partial charge in [0.2, 0.25) is 15.9 Å². The lowest BCUT2D eigenvalue weighted by Crippen LogP contribution is -2.53. The Morgan fingerprint density at radius 1 is 1.20 bits per heavy atom. The van der Waals surface area contributed by atoms with E-state index < -0.39 is 16.1 Å². The van der Waals surface area contributed by atoms with Crippen molar-refractivity contribution in [1.29, 1.82) is 5.26 Å². The van der Waals surface area contributed by atoms with Crippen molar-refractivity contribution in [3.63, 3.8) is 0 Å². The fourth-order valence-corrected chi connectivity index (χ4v) is 7.10. The van der Waals surface area contributed by atoms with Crippen LogP contribution < -0.4 is 10.5 Å². The molecule has 4 rings (SSSR count). The molecule has 0 spiro atoms. The third-order valence-corrected chi connectivity index (χ3v) is 9.24. The zero-order chi connectivity index (χ0) is 25.2. The number of amides is 1. The van der Waals surface area contributed by atoms with Gasteiger partial charge in [-0.3, -0.25) is 4.79 Å². The third kappa shape index (κ3) is 5.78. The minimum atomic E-state index is -4.13. The second-order valence-electron chi connectivity index (χ2n) is 9.34. The Balaban J connectivity index is 1.57. The molecule has 2 aliphatic rings. The van der Waals surface area contributed by atoms with Crippen LogP contribution in [0.5, 0.6) is 0 Å². The van der Waals surface area contributed by atoms with Crippen molar-refractivity contribution < 1.29 is 13.2 Å². The number of nitrogen functional groups attached to an aromatic ring is 1. The monoisotopic (exact) mass is 537 g/mol. The van der Waals surface area contributed by atoms with Crippen molar-refractivity contribution in [2.45, 2.75) is 56.0 Å². The van der Waals surface area contributed by atoms with Gasteiger partial charge in [0.25, 0.3) is 0 Å². The van der Waals surface area contributed by atoms with Crippen molar-refractivity contribution in [1.82, 2.24) is 14.2 Å². The first-order valence-electron chi connectivity index (χ1n) is 11.8. The number of benzene rings is 1. The molecule has 1 amide bonds. The maximum atomic E-state index is 13.6. The number of hydrogen-bond acceptors (Lipinski definition) is 5. The van der Waals surface area contributed by atoms with Crippen molar-refractivity contribution in [3.05, 3.63) is 46.2 Å². The van der Waals surface area contributed by atoms with Crippen LogP contribution >= 0.6 is 23.2 Å². The number of rotatable bonds is 7. The van der Waals surface area contributed by atoms with E-state index in [0.717, 1.165) is 12.8 Å². The Kier molecular flexibility index (Phi) is 7.96. The number of anilines is 1. The van der Waals surface area contributed by atoms with Gasteiger partial charge in [0.05, 0.1) is 20.6 Å². The first kappa shape index (κ1) is 25.8. The van der Waals surface area contributed by atoms with Gasteiger partial charge in [-0.05, 0) is 55.4 Å². The fourth-order valence-electron chi connectivity index (χ4n) is 5.20. The molecule has 2 aromatic rings. The molecule has 3 atom stereocenters. The maximum absolute atomic E-state index is 13.6. The first-order valence-corrected chi connectivity index (χ1v) is 14.0. The number of piperidine rings is 1. The molecule has 1 aliphatic heterocycles. The predicted molar refractivity (Wildman–Crippen MR) is 135 cm³/mol. The van der Waals surface area contributed by atoms with Gasteiger partial charge in [-0.25, -0.2) is 8.42 Å². The van der Waals surface area contributed by atoms with Crippen LogP contribution in [0, 0.1) is 23.2 Å². The Morgan fingerprint density at radius 2 is 1.89 bits per heavy atom. The second kappa shape index (κ2) is 10.8. The Labute approximate surface area is 216 Å². The van der Waals surface area contributed by atoms with Gasteiger partial charge in [0.15, 0.2) is 0 Å². The number of sulfonamides is 1. The smallest absolute Gasteiger partial charge is 0.241 e. The van der Waals surface area contributed by atoms with E-state index in [1.165, 1.54) is 31.4 Å². The van der Waals surface area contributed by atoms with E-state index in [1.54, 1.807) is 27.8 Å². The number of aryl methyl sites for hydroxylation is 1. The molecule has 11 heteroatoms.